The van der Waals surface area contributed by atoms with Gasteiger partial charge < -0.3 is 10.1 Å². The molecule has 1 aromatic carbocycles. The van der Waals surface area contributed by atoms with Gasteiger partial charge in [0.1, 0.15) is 11.4 Å². The minimum absolute atomic E-state index is 0.0619. The molecule has 0 spiro atoms. The van der Waals surface area contributed by atoms with Crippen LogP contribution in [0.2, 0.25) is 0 Å². The van der Waals surface area contributed by atoms with Crippen molar-refractivity contribution < 1.29 is 9.53 Å². The maximum atomic E-state index is 12.6. The summed E-state index contributed by atoms with van der Waals surface area (Å²) in [5.74, 6) is 2.47. The van der Waals surface area contributed by atoms with Crippen LogP contribution in [-0.2, 0) is 0 Å². The lowest BCUT2D eigenvalue weighted by Crippen LogP contribution is -2.59. The molecule has 2 aliphatic rings. The highest BCUT2D eigenvalue weighted by atomic mass is 16.5. The second-order valence-electron chi connectivity index (χ2n) is 7.13. The molecule has 2 aromatic rings. The molecule has 2 fully saturated rings. The zero-order chi connectivity index (χ0) is 17.2. The van der Waals surface area contributed by atoms with Gasteiger partial charge in [-0.25, -0.2) is 0 Å². The third-order valence-electron chi connectivity index (χ3n) is 5.88. The van der Waals surface area contributed by atoms with Crippen LogP contribution in [0.4, 0.5) is 0 Å². The van der Waals surface area contributed by atoms with Crippen molar-refractivity contribution >= 4 is 5.91 Å². The number of amides is 1. The fourth-order valence-corrected chi connectivity index (χ4v) is 4.67. The summed E-state index contributed by atoms with van der Waals surface area (Å²) in [5, 5.41) is 3.28. The molecular formula is C21H24N2O2. The fraction of sp³-hybridized carbons (Fsp3) is 0.429. The van der Waals surface area contributed by atoms with Crippen molar-refractivity contribution in [3.8, 4) is 5.75 Å². The Bertz CT molecular complexity index is 729. The van der Waals surface area contributed by atoms with E-state index in [2.05, 4.69) is 22.4 Å². The first-order valence-corrected chi connectivity index (χ1v) is 9.14. The van der Waals surface area contributed by atoms with Gasteiger partial charge in [0.25, 0.3) is 5.91 Å². The highest BCUT2D eigenvalue weighted by molar-refractivity contribution is 5.92. The lowest BCUT2D eigenvalue weighted by molar-refractivity contribution is 0.0250. The van der Waals surface area contributed by atoms with E-state index in [1.165, 1.54) is 31.2 Å². The molecular weight excluding hydrogens is 312 g/mol. The SMILES string of the molecule is COc1ccc([C@H]2[C@H]3CCCC[C@H]3[C@@H]2NC(=O)c2ccccn2)cc1. The molecule has 1 aromatic heterocycles. The second kappa shape index (κ2) is 6.87. The predicted octanol–water partition coefficient (Wildman–Crippen LogP) is 3.79. The summed E-state index contributed by atoms with van der Waals surface area (Å²) >= 11 is 0. The molecule has 1 heterocycles. The topological polar surface area (TPSA) is 51.2 Å². The molecule has 2 saturated carbocycles. The Morgan fingerprint density at radius 1 is 1.08 bits per heavy atom. The molecule has 4 atom stereocenters. The Morgan fingerprint density at radius 3 is 2.52 bits per heavy atom. The molecule has 25 heavy (non-hydrogen) atoms. The summed E-state index contributed by atoms with van der Waals surface area (Å²) in [7, 11) is 1.69. The largest absolute Gasteiger partial charge is 0.497 e. The Labute approximate surface area is 148 Å². The van der Waals surface area contributed by atoms with Crippen LogP contribution in [0.25, 0.3) is 0 Å². The predicted molar refractivity (Wildman–Crippen MR) is 96.7 cm³/mol. The zero-order valence-corrected chi connectivity index (χ0v) is 14.5. The van der Waals surface area contributed by atoms with Crippen molar-refractivity contribution in [2.24, 2.45) is 11.8 Å². The summed E-state index contributed by atoms with van der Waals surface area (Å²) in [6.45, 7) is 0. The van der Waals surface area contributed by atoms with Gasteiger partial charge in [-0.3, -0.25) is 9.78 Å². The Morgan fingerprint density at radius 2 is 1.84 bits per heavy atom. The van der Waals surface area contributed by atoms with E-state index in [1.54, 1.807) is 19.4 Å². The average molecular weight is 336 g/mol. The van der Waals surface area contributed by atoms with Crippen molar-refractivity contribution in [1.82, 2.24) is 10.3 Å². The number of methoxy groups -OCH3 is 1. The van der Waals surface area contributed by atoms with Crippen LogP contribution in [0.1, 0.15) is 47.7 Å². The maximum Gasteiger partial charge on any atom is 0.270 e. The standard InChI is InChI=1S/C21H24N2O2/c1-25-15-11-9-14(10-12-15)19-16-6-2-3-7-17(16)20(19)23-21(24)18-8-4-5-13-22-18/h4-5,8-13,16-17,19-20H,2-3,6-7H2,1H3,(H,23,24)/t16-,17+,19-,20-/m0/s1. The molecule has 0 unspecified atom stereocenters. The minimum Gasteiger partial charge on any atom is -0.497 e. The second-order valence-corrected chi connectivity index (χ2v) is 7.13. The first-order valence-electron chi connectivity index (χ1n) is 9.14. The number of rotatable bonds is 4. The molecule has 0 aliphatic heterocycles. The Kier molecular flexibility index (Phi) is 4.43. The molecule has 1 N–H and O–H groups in total. The Hall–Kier alpha value is -2.36. The van der Waals surface area contributed by atoms with Crippen LogP contribution in [0.5, 0.6) is 5.75 Å². The number of ether oxygens (including phenoxy) is 1. The number of carbonyl (C=O) groups is 1. The third kappa shape index (κ3) is 3.01. The number of nitrogens with zero attached hydrogens (tertiary/aromatic N) is 1. The summed E-state index contributed by atoms with van der Waals surface area (Å²) in [4.78, 5) is 16.8. The van der Waals surface area contributed by atoms with Crippen LogP contribution >= 0.6 is 0 Å². The van der Waals surface area contributed by atoms with Gasteiger partial charge in [-0.05, 0) is 54.5 Å². The normalized spacial score (nSPS) is 27.7. The molecule has 0 saturated heterocycles. The van der Waals surface area contributed by atoms with E-state index >= 15 is 0 Å². The summed E-state index contributed by atoms with van der Waals surface area (Å²) in [5.41, 5.74) is 1.80. The summed E-state index contributed by atoms with van der Waals surface area (Å²) in [6, 6.07) is 14.0. The van der Waals surface area contributed by atoms with Crippen LogP contribution in [0.3, 0.4) is 0 Å². The van der Waals surface area contributed by atoms with Gasteiger partial charge in [-0.2, -0.15) is 0 Å². The number of carbonyl (C=O) groups excluding carboxylic acids is 1. The van der Waals surface area contributed by atoms with Crippen LogP contribution in [-0.4, -0.2) is 24.0 Å². The van der Waals surface area contributed by atoms with E-state index in [1.807, 2.05) is 24.3 Å². The van der Waals surface area contributed by atoms with Gasteiger partial charge in [-0.15, -0.1) is 0 Å². The number of benzene rings is 1. The minimum atomic E-state index is -0.0619. The van der Waals surface area contributed by atoms with E-state index in [0.717, 1.165) is 5.75 Å². The number of hydrogen-bond donors (Lipinski definition) is 1. The third-order valence-corrected chi connectivity index (χ3v) is 5.88. The van der Waals surface area contributed by atoms with Crippen molar-refractivity contribution in [2.45, 2.75) is 37.6 Å². The van der Waals surface area contributed by atoms with E-state index < -0.39 is 0 Å². The van der Waals surface area contributed by atoms with E-state index in [-0.39, 0.29) is 11.9 Å². The number of pyridine rings is 1. The molecule has 130 valence electrons. The first-order chi connectivity index (χ1) is 12.3. The highest BCUT2D eigenvalue weighted by Crippen LogP contribution is 2.54. The van der Waals surface area contributed by atoms with E-state index in [9.17, 15) is 4.79 Å². The van der Waals surface area contributed by atoms with Gasteiger partial charge in [0.15, 0.2) is 0 Å². The van der Waals surface area contributed by atoms with Crippen LogP contribution in [0, 0.1) is 11.8 Å². The number of aromatic nitrogens is 1. The van der Waals surface area contributed by atoms with E-state index in [0.29, 0.717) is 23.4 Å². The molecule has 0 bridgehead atoms. The van der Waals surface area contributed by atoms with Gasteiger partial charge in [-0.1, -0.05) is 31.0 Å². The molecule has 4 heteroatoms. The number of nitrogens with one attached hydrogen (secondary N) is 1. The summed E-state index contributed by atoms with van der Waals surface area (Å²) in [6.07, 6.45) is 6.71. The van der Waals surface area contributed by atoms with Gasteiger partial charge in [0.05, 0.1) is 7.11 Å². The van der Waals surface area contributed by atoms with Crippen molar-refractivity contribution in [3.05, 3.63) is 59.9 Å². The van der Waals surface area contributed by atoms with Gasteiger partial charge in [0.2, 0.25) is 0 Å². The first kappa shape index (κ1) is 16.1. The van der Waals surface area contributed by atoms with Gasteiger partial charge >= 0.3 is 0 Å². The van der Waals surface area contributed by atoms with Crippen molar-refractivity contribution in [3.63, 3.8) is 0 Å². The average Bonchev–Trinajstić information content (AvgIpc) is 2.67. The maximum absolute atomic E-state index is 12.6. The molecule has 4 rings (SSSR count). The zero-order valence-electron chi connectivity index (χ0n) is 14.5. The smallest absolute Gasteiger partial charge is 0.270 e. The molecule has 0 radical (unpaired) electrons. The highest BCUT2D eigenvalue weighted by Gasteiger charge is 2.51. The number of fused-ring (bicyclic) bond motifs is 1. The lowest BCUT2D eigenvalue weighted by atomic mass is 9.53. The van der Waals surface area contributed by atoms with Crippen LogP contribution < -0.4 is 10.1 Å². The fourth-order valence-electron chi connectivity index (χ4n) is 4.67. The monoisotopic (exact) mass is 336 g/mol. The van der Waals surface area contributed by atoms with Crippen molar-refractivity contribution in [1.29, 1.82) is 0 Å². The molecule has 2 aliphatic carbocycles. The quantitative estimate of drug-likeness (QED) is 0.924. The van der Waals surface area contributed by atoms with Gasteiger partial charge in [0, 0.05) is 18.2 Å². The van der Waals surface area contributed by atoms with Crippen LogP contribution in [0.15, 0.2) is 48.7 Å². The van der Waals surface area contributed by atoms with E-state index in [4.69, 9.17) is 4.74 Å². The van der Waals surface area contributed by atoms with Crippen molar-refractivity contribution in [2.75, 3.05) is 7.11 Å². The molecule has 4 nitrogen and oxygen atoms in total. The number of hydrogen-bond acceptors (Lipinski definition) is 3. The summed E-state index contributed by atoms with van der Waals surface area (Å²) < 4.78 is 5.28. The Balaban J connectivity index is 1.56. The molecule has 1 amide bonds. The lowest BCUT2D eigenvalue weighted by Gasteiger charge is -2.55.